The van der Waals surface area contributed by atoms with E-state index in [1.165, 1.54) is 22.8 Å². The van der Waals surface area contributed by atoms with Crippen molar-refractivity contribution in [2.75, 3.05) is 5.32 Å². The molecule has 158 valence electrons. The maximum absolute atomic E-state index is 13.2. The van der Waals surface area contributed by atoms with Crippen molar-refractivity contribution < 1.29 is 18.0 Å². The minimum absolute atomic E-state index is 0.226. The average Bonchev–Trinajstić information content (AvgIpc) is 2.68. The zero-order valence-corrected chi connectivity index (χ0v) is 17.3. The molecular weight excluding hydrogens is 415 g/mol. The Labute approximate surface area is 175 Å². The van der Waals surface area contributed by atoms with Crippen molar-refractivity contribution in [2.24, 2.45) is 13.0 Å². The number of thioether (sulfide) groups is 1. The number of carbonyl (C=O) groups is 1. The van der Waals surface area contributed by atoms with Gasteiger partial charge in [-0.1, -0.05) is 49.9 Å². The van der Waals surface area contributed by atoms with Crippen molar-refractivity contribution in [3.05, 3.63) is 64.4 Å². The molecule has 0 aliphatic carbocycles. The Kier molecular flexibility index (Phi) is 6.21. The smallest absolute Gasteiger partial charge is 0.325 e. The summed E-state index contributed by atoms with van der Waals surface area (Å²) in [5.41, 5.74) is -0.981. The number of alkyl halides is 3. The first-order chi connectivity index (χ1) is 14.1. The molecule has 0 saturated heterocycles. The van der Waals surface area contributed by atoms with Crippen LogP contribution in [-0.2, 0) is 18.0 Å². The number of rotatable bonds is 5. The minimum atomic E-state index is -4.59. The van der Waals surface area contributed by atoms with Gasteiger partial charge in [0.15, 0.2) is 5.16 Å². The third kappa shape index (κ3) is 4.51. The highest BCUT2D eigenvalue weighted by molar-refractivity contribution is 8.00. The van der Waals surface area contributed by atoms with E-state index in [2.05, 4.69) is 10.3 Å². The molecule has 1 atom stereocenters. The standard InChI is InChI=1S/C21H20F3N3O2S/c1-12(2)17(18(28)25-16-11-7-5-9-14(16)21(22,23)24)30-20-26-15-10-6-4-8-13(15)19(29)27(20)3/h4-12,17H,1-3H3,(H,25,28). The van der Waals surface area contributed by atoms with Crippen molar-refractivity contribution in [3.8, 4) is 0 Å². The highest BCUT2D eigenvalue weighted by Gasteiger charge is 2.34. The summed E-state index contributed by atoms with van der Waals surface area (Å²) < 4.78 is 41.1. The SMILES string of the molecule is CC(C)C(Sc1nc2ccccc2c(=O)n1C)C(=O)Nc1ccccc1C(F)(F)F. The van der Waals surface area contributed by atoms with Crippen LogP contribution < -0.4 is 10.9 Å². The van der Waals surface area contributed by atoms with Gasteiger partial charge in [-0.05, 0) is 30.2 Å². The molecule has 0 saturated carbocycles. The van der Waals surface area contributed by atoms with Gasteiger partial charge in [0.1, 0.15) is 0 Å². The molecule has 0 spiro atoms. The summed E-state index contributed by atoms with van der Waals surface area (Å²) >= 11 is 1.05. The lowest BCUT2D eigenvalue weighted by molar-refractivity contribution is -0.137. The van der Waals surface area contributed by atoms with Gasteiger partial charge in [0, 0.05) is 7.05 Å². The molecule has 3 rings (SSSR count). The van der Waals surface area contributed by atoms with Crippen LogP contribution in [0.15, 0.2) is 58.5 Å². The number of carbonyl (C=O) groups excluding carboxylic acids is 1. The number of nitrogens with zero attached hydrogens (tertiary/aromatic N) is 2. The fraction of sp³-hybridized carbons (Fsp3) is 0.286. The number of para-hydroxylation sites is 2. The number of nitrogens with one attached hydrogen (secondary N) is 1. The maximum atomic E-state index is 13.2. The van der Waals surface area contributed by atoms with E-state index < -0.39 is 22.9 Å². The quantitative estimate of drug-likeness (QED) is 0.466. The van der Waals surface area contributed by atoms with E-state index in [1.807, 2.05) is 0 Å². The number of anilines is 1. The van der Waals surface area contributed by atoms with Gasteiger partial charge in [-0.25, -0.2) is 4.98 Å². The Morgan fingerprint density at radius 1 is 1.10 bits per heavy atom. The zero-order valence-electron chi connectivity index (χ0n) is 16.5. The number of hydrogen-bond acceptors (Lipinski definition) is 4. The molecule has 1 amide bonds. The van der Waals surface area contributed by atoms with E-state index in [4.69, 9.17) is 0 Å². The molecule has 1 N–H and O–H groups in total. The van der Waals surface area contributed by atoms with E-state index in [1.54, 1.807) is 45.2 Å². The van der Waals surface area contributed by atoms with Crippen molar-refractivity contribution in [1.82, 2.24) is 9.55 Å². The van der Waals surface area contributed by atoms with Crippen LogP contribution in [0.1, 0.15) is 19.4 Å². The Bertz CT molecular complexity index is 1140. The summed E-state index contributed by atoms with van der Waals surface area (Å²) in [6.45, 7) is 3.57. The first-order valence-corrected chi connectivity index (χ1v) is 10.1. The van der Waals surface area contributed by atoms with Gasteiger partial charge in [0.2, 0.25) is 5.91 Å². The van der Waals surface area contributed by atoms with E-state index in [9.17, 15) is 22.8 Å². The largest absolute Gasteiger partial charge is 0.418 e. The predicted octanol–water partition coefficient (Wildman–Crippen LogP) is 4.71. The van der Waals surface area contributed by atoms with Gasteiger partial charge in [-0.3, -0.25) is 14.2 Å². The number of aromatic nitrogens is 2. The molecule has 30 heavy (non-hydrogen) atoms. The Morgan fingerprint density at radius 3 is 2.40 bits per heavy atom. The molecule has 0 bridgehead atoms. The molecule has 3 aromatic rings. The molecule has 0 radical (unpaired) electrons. The highest BCUT2D eigenvalue weighted by Crippen LogP contribution is 2.35. The van der Waals surface area contributed by atoms with Crippen LogP contribution in [-0.4, -0.2) is 20.7 Å². The molecule has 2 aromatic carbocycles. The van der Waals surface area contributed by atoms with Crippen LogP contribution in [0.3, 0.4) is 0 Å². The van der Waals surface area contributed by atoms with Crippen LogP contribution in [0.4, 0.5) is 18.9 Å². The van der Waals surface area contributed by atoms with Gasteiger partial charge in [0.25, 0.3) is 5.56 Å². The van der Waals surface area contributed by atoms with Crippen molar-refractivity contribution in [2.45, 2.75) is 30.4 Å². The van der Waals surface area contributed by atoms with Crippen LogP contribution in [0, 0.1) is 5.92 Å². The van der Waals surface area contributed by atoms with Crippen molar-refractivity contribution in [1.29, 1.82) is 0 Å². The third-order valence-electron chi connectivity index (χ3n) is 4.53. The molecule has 1 aromatic heterocycles. The number of fused-ring (bicyclic) bond motifs is 1. The van der Waals surface area contributed by atoms with Gasteiger partial charge in [0.05, 0.1) is 27.4 Å². The molecule has 1 heterocycles. The first-order valence-electron chi connectivity index (χ1n) is 9.19. The molecule has 0 aliphatic heterocycles. The van der Waals surface area contributed by atoms with Gasteiger partial charge in [-0.2, -0.15) is 13.2 Å². The molecule has 0 aliphatic rings. The maximum Gasteiger partial charge on any atom is 0.418 e. The number of hydrogen-bond donors (Lipinski definition) is 1. The van der Waals surface area contributed by atoms with Gasteiger partial charge < -0.3 is 5.32 Å². The lowest BCUT2D eigenvalue weighted by atomic mass is 10.1. The second-order valence-electron chi connectivity index (χ2n) is 7.09. The zero-order chi connectivity index (χ0) is 22.1. The summed E-state index contributed by atoms with van der Waals surface area (Å²) in [4.78, 5) is 30.0. The lowest BCUT2D eigenvalue weighted by Gasteiger charge is -2.22. The van der Waals surface area contributed by atoms with E-state index >= 15 is 0 Å². The highest BCUT2D eigenvalue weighted by atomic mass is 32.2. The van der Waals surface area contributed by atoms with Crippen LogP contribution in [0.2, 0.25) is 0 Å². The fourth-order valence-electron chi connectivity index (χ4n) is 2.95. The number of amides is 1. The van der Waals surface area contributed by atoms with Gasteiger partial charge >= 0.3 is 6.18 Å². The van der Waals surface area contributed by atoms with Crippen molar-refractivity contribution in [3.63, 3.8) is 0 Å². The monoisotopic (exact) mass is 435 g/mol. The number of benzene rings is 2. The molecule has 0 fully saturated rings. The predicted molar refractivity (Wildman–Crippen MR) is 112 cm³/mol. The average molecular weight is 435 g/mol. The topological polar surface area (TPSA) is 64.0 Å². The Morgan fingerprint density at radius 2 is 1.73 bits per heavy atom. The third-order valence-corrected chi connectivity index (χ3v) is 6.12. The lowest BCUT2D eigenvalue weighted by Crippen LogP contribution is -2.31. The van der Waals surface area contributed by atoms with E-state index in [-0.39, 0.29) is 17.2 Å². The summed E-state index contributed by atoms with van der Waals surface area (Å²) in [6, 6.07) is 11.7. The van der Waals surface area contributed by atoms with Crippen LogP contribution in [0.5, 0.6) is 0 Å². The number of halogens is 3. The molecule has 1 unspecified atom stereocenters. The Balaban J connectivity index is 1.93. The Hall–Kier alpha value is -2.81. The first kappa shape index (κ1) is 21.9. The van der Waals surface area contributed by atoms with Crippen LogP contribution >= 0.6 is 11.8 Å². The summed E-state index contributed by atoms with van der Waals surface area (Å²) in [5.74, 6) is -0.814. The van der Waals surface area contributed by atoms with E-state index in [0.29, 0.717) is 16.1 Å². The minimum Gasteiger partial charge on any atom is -0.325 e. The molecular formula is C21H20F3N3O2S. The van der Waals surface area contributed by atoms with Crippen molar-refractivity contribution >= 4 is 34.3 Å². The summed E-state index contributed by atoms with van der Waals surface area (Å²) in [6.07, 6.45) is -4.59. The fourth-order valence-corrected chi connectivity index (χ4v) is 4.01. The van der Waals surface area contributed by atoms with Crippen LogP contribution in [0.25, 0.3) is 10.9 Å². The second-order valence-corrected chi connectivity index (χ2v) is 8.20. The van der Waals surface area contributed by atoms with E-state index in [0.717, 1.165) is 17.8 Å². The second kappa shape index (κ2) is 8.51. The normalized spacial score (nSPS) is 12.9. The molecule has 9 heteroatoms. The molecule has 5 nitrogen and oxygen atoms in total. The van der Waals surface area contributed by atoms with Gasteiger partial charge in [-0.15, -0.1) is 0 Å². The summed E-state index contributed by atoms with van der Waals surface area (Å²) in [7, 11) is 1.55. The summed E-state index contributed by atoms with van der Waals surface area (Å²) in [5, 5.41) is 2.41.